The summed E-state index contributed by atoms with van der Waals surface area (Å²) >= 11 is 0. The maximum atomic E-state index is 2.38. The third kappa shape index (κ3) is 0.765. The van der Waals surface area contributed by atoms with Crippen LogP contribution in [0.4, 0.5) is 0 Å². The maximum Gasteiger partial charge on any atom is -0.0386 e. The van der Waals surface area contributed by atoms with Gasteiger partial charge < -0.3 is 0 Å². The molecule has 0 aliphatic heterocycles. The number of rotatable bonds is 1. The van der Waals surface area contributed by atoms with Crippen molar-refractivity contribution in [2.24, 2.45) is 17.8 Å². The molecule has 1 rings (SSSR count). The van der Waals surface area contributed by atoms with Gasteiger partial charge in [-0.3, -0.25) is 0 Å². The van der Waals surface area contributed by atoms with Crippen LogP contribution in [0.3, 0.4) is 0 Å². The van der Waals surface area contributed by atoms with Crippen LogP contribution in [0.5, 0.6) is 0 Å². The summed E-state index contributed by atoms with van der Waals surface area (Å²) in [5.74, 6) is 3.09. The fourth-order valence-corrected chi connectivity index (χ4v) is 1.71. The molecule has 1 fully saturated rings. The van der Waals surface area contributed by atoms with Crippen molar-refractivity contribution in [3.05, 3.63) is 0 Å². The van der Waals surface area contributed by atoms with Gasteiger partial charge in [0.25, 0.3) is 0 Å². The van der Waals surface area contributed by atoms with Crippen molar-refractivity contribution in [1.82, 2.24) is 0 Å². The fraction of sp³-hybridized carbons (Fsp3) is 1.00. The first-order chi connectivity index (χ1) is 3.75. The first-order valence-electron chi connectivity index (χ1n) is 3.75. The molecule has 48 valence electrons. The quantitative estimate of drug-likeness (QED) is 0.489. The minimum absolute atomic E-state index is 1.01. The smallest absolute Gasteiger partial charge is 0.0386 e. The molecular formula is C8H16. The lowest BCUT2D eigenvalue weighted by atomic mass is 9.66. The van der Waals surface area contributed by atoms with Crippen LogP contribution < -0.4 is 0 Å². The van der Waals surface area contributed by atoms with E-state index in [2.05, 4.69) is 20.8 Å². The summed E-state index contributed by atoms with van der Waals surface area (Å²) in [7, 11) is 0. The summed E-state index contributed by atoms with van der Waals surface area (Å²) in [6.07, 6.45) is 2.88. The minimum atomic E-state index is 1.01. The predicted octanol–water partition coefficient (Wildman–Crippen LogP) is 2.69. The van der Waals surface area contributed by atoms with Gasteiger partial charge in [0, 0.05) is 0 Å². The SMILES string of the molecule is CC[C@@H]1CC(C)C1C. The van der Waals surface area contributed by atoms with Crippen LogP contribution in [-0.2, 0) is 0 Å². The molecule has 0 nitrogen and oxygen atoms in total. The molecule has 0 spiro atoms. The zero-order valence-electron chi connectivity index (χ0n) is 6.15. The van der Waals surface area contributed by atoms with Gasteiger partial charge in [0.05, 0.1) is 0 Å². The van der Waals surface area contributed by atoms with Crippen LogP contribution in [0.1, 0.15) is 33.6 Å². The normalized spacial score (nSPS) is 46.1. The Morgan fingerprint density at radius 3 is 2.12 bits per heavy atom. The van der Waals surface area contributed by atoms with Gasteiger partial charge in [-0.2, -0.15) is 0 Å². The number of hydrogen-bond donors (Lipinski definition) is 0. The van der Waals surface area contributed by atoms with Crippen molar-refractivity contribution in [2.75, 3.05) is 0 Å². The first-order valence-corrected chi connectivity index (χ1v) is 3.75. The Labute approximate surface area is 52.3 Å². The van der Waals surface area contributed by atoms with Crippen molar-refractivity contribution in [3.63, 3.8) is 0 Å². The van der Waals surface area contributed by atoms with E-state index in [0.29, 0.717) is 0 Å². The van der Waals surface area contributed by atoms with Crippen LogP contribution in [0.15, 0.2) is 0 Å². The van der Waals surface area contributed by atoms with Gasteiger partial charge in [-0.05, 0) is 24.2 Å². The zero-order chi connectivity index (χ0) is 6.15. The van der Waals surface area contributed by atoms with Gasteiger partial charge >= 0.3 is 0 Å². The van der Waals surface area contributed by atoms with E-state index in [1.54, 1.807) is 0 Å². The lowest BCUT2D eigenvalue weighted by Crippen LogP contribution is -2.31. The van der Waals surface area contributed by atoms with Crippen LogP contribution >= 0.6 is 0 Å². The molecule has 1 aliphatic rings. The summed E-state index contributed by atoms with van der Waals surface area (Å²) in [5.41, 5.74) is 0. The number of hydrogen-bond acceptors (Lipinski definition) is 0. The van der Waals surface area contributed by atoms with Gasteiger partial charge in [0.1, 0.15) is 0 Å². The van der Waals surface area contributed by atoms with Gasteiger partial charge in [-0.15, -0.1) is 0 Å². The van der Waals surface area contributed by atoms with E-state index in [0.717, 1.165) is 17.8 Å². The van der Waals surface area contributed by atoms with Crippen molar-refractivity contribution in [2.45, 2.75) is 33.6 Å². The predicted molar refractivity (Wildman–Crippen MR) is 36.7 cm³/mol. The van der Waals surface area contributed by atoms with Crippen LogP contribution in [0.25, 0.3) is 0 Å². The summed E-state index contributed by atoms with van der Waals surface area (Å²) < 4.78 is 0. The molecule has 8 heavy (non-hydrogen) atoms. The molecular weight excluding hydrogens is 96.1 g/mol. The van der Waals surface area contributed by atoms with E-state index in [1.807, 2.05) is 0 Å². The average molecular weight is 112 g/mol. The molecule has 0 radical (unpaired) electrons. The van der Waals surface area contributed by atoms with Gasteiger partial charge in [0.2, 0.25) is 0 Å². The summed E-state index contributed by atoms with van der Waals surface area (Å²) in [6, 6.07) is 0. The van der Waals surface area contributed by atoms with E-state index < -0.39 is 0 Å². The molecule has 1 saturated carbocycles. The Balaban J connectivity index is 2.25. The van der Waals surface area contributed by atoms with Crippen LogP contribution in [0, 0.1) is 17.8 Å². The maximum absolute atomic E-state index is 2.38. The monoisotopic (exact) mass is 112 g/mol. The van der Waals surface area contributed by atoms with E-state index in [-0.39, 0.29) is 0 Å². The summed E-state index contributed by atoms with van der Waals surface area (Å²) in [5, 5.41) is 0. The molecule has 0 heterocycles. The first kappa shape index (κ1) is 6.12. The van der Waals surface area contributed by atoms with Gasteiger partial charge in [-0.1, -0.05) is 27.2 Å². The lowest BCUT2D eigenvalue weighted by Gasteiger charge is -2.40. The highest BCUT2D eigenvalue weighted by atomic mass is 14.4. The summed E-state index contributed by atoms with van der Waals surface area (Å²) in [6.45, 7) is 7.03. The Morgan fingerprint density at radius 1 is 1.38 bits per heavy atom. The molecule has 0 heteroatoms. The molecule has 0 aromatic heterocycles. The highest BCUT2D eigenvalue weighted by molar-refractivity contribution is 4.82. The Bertz CT molecular complexity index is 76.1. The van der Waals surface area contributed by atoms with Gasteiger partial charge in [-0.25, -0.2) is 0 Å². The second kappa shape index (κ2) is 2.08. The molecule has 0 aromatic rings. The average Bonchev–Trinajstić information content (AvgIpc) is 1.81. The molecule has 0 aromatic carbocycles. The third-order valence-corrected chi connectivity index (χ3v) is 2.84. The molecule has 0 N–H and O–H groups in total. The third-order valence-electron chi connectivity index (χ3n) is 2.84. The van der Waals surface area contributed by atoms with Crippen molar-refractivity contribution >= 4 is 0 Å². The molecule has 0 amide bonds. The molecule has 1 aliphatic carbocycles. The fourth-order valence-electron chi connectivity index (χ4n) is 1.71. The molecule has 0 bridgehead atoms. The zero-order valence-corrected chi connectivity index (χ0v) is 6.15. The molecule has 2 unspecified atom stereocenters. The van der Waals surface area contributed by atoms with Gasteiger partial charge in [0.15, 0.2) is 0 Å². The Hall–Kier alpha value is 0. The largest absolute Gasteiger partial charge is 0.0651 e. The van der Waals surface area contributed by atoms with Crippen LogP contribution in [-0.4, -0.2) is 0 Å². The summed E-state index contributed by atoms with van der Waals surface area (Å²) in [4.78, 5) is 0. The second-order valence-corrected chi connectivity index (χ2v) is 3.24. The molecule has 3 atom stereocenters. The van der Waals surface area contributed by atoms with Crippen molar-refractivity contribution < 1.29 is 0 Å². The van der Waals surface area contributed by atoms with E-state index >= 15 is 0 Å². The lowest BCUT2D eigenvalue weighted by molar-refractivity contribution is 0.0998. The highest BCUT2D eigenvalue weighted by Gasteiger charge is 2.32. The second-order valence-electron chi connectivity index (χ2n) is 3.24. The van der Waals surface area contributed by atoms with E-state index in [1.165, 1.54) is 12.8 Å². The Kier molecular flexibility index (Phi) is 1.59. The minimum Gasteiger partial charge on any atom is -0.0651 e. The molecule has 0 saturated heterocycles. The van der Waals surface area contributed by atoms with E-state index in [4.69, 9.17) is 0 Å². The highest BCUT2D eigenvalue weighted by Crippen LogP contribution is 2.41. The van der Waals surface area contributed by atoms with E-state index in [9.17, 15) is 0 Å². The topological polar surface area (TPSA) is 0 Å². The standard InChI is InChI=1S/C8H16/c1-4-8-5-6(2)7(8)3/h6-8H,4-5H2,1-3H3/t6?,7?,8-/m1/s1. The van der Waals surface area contributed by atoms with Crippen LogP contribution in [0.2, 0.25) is 0 Å². The Morgan fingerprint density at radius 2 is 2.00 bits per heavy atom. The van der Waals surface area contributed by atoms with Crippen molar-refractivity contribution in [3.8, 4) is 0 Å². The van der Waals surface area contributed by atoms with Crippen molar-refractivity contribution in [1.29, 1.82) is 0 Å².